The third-order valence-corrected chi connectivity index (χ3v) is 11.2. The Labute approximate surface area is 296 Å². The van der Waals surface area contributed by atoms with Gasteiger partial charge in [0.2, 0.25) is 0 Å². The molecule has 0 amide bonds. The summed E-state index contributed by atoms with van der Waals surface area (Å²) in [5, 5.41) is 5.06. The minimum absolute atomic E-state index is 0.420. The van der Waals surface area contributed by atoms with Crippen molar-refractivity contribution in [2.75, 3.05) is 0 Å². The normalized spacial score (nSPS) is 13.3. The number of rotatable bonds is 4. The van der Waals surface area contributed by atoms with E-state index in [1.165, 1.54) is 82.7 Å². The largest absolute Gasteiger partial charge is 0.309 e. The molecule has 0 saturated carbocycles. The molecule has 0 unspecified atom stereocenters. The van der Waals surface area contributed by atoms with Gasteiger partial charge in [-0.3, -0.25) is 0 Å². The summed E-state index contributed by atoms with van der Waals surface area (Å²) in [4.78, 5) is 0. The summed E-state index contributed by atoms with van der Waals surface area (Å²) in [7, 11) is 0. The van der Waals surface area contributed by atoms with Gasteiger partial charge in [-0.2, -0.15) is 0 Å². The van der Waals surface area contributed by atoms with Crippen LogP contribution in [0.25, 0.3) is 66.1 Å². The molecule has 10 aromatic rings. The molecule has 2 aromatic heterocycles. The molecule has 238 valence electrons. The lowest BCUT2D eigenvalue weighted by Crippen LogP contribution is -2.28. The van der Waals surface area contributed by atoms with Gasteiger partial charge in [-0.25, -0.2) is 0 Å². The monoisotopic (exact) mass is 648 g/mol. The van der Waals surface area contributed by atoms with Crippen molar-refractivity contribution >= 4 is 43.6 Å². The second-order valence-corrected chi connectivity index (χ2v) is 13.7. The van der Waals surface area contributed by atoms with E-state index in [4.69, 9.17) is 0 Å². The van der Waals surface area contributed by atoms with E-state index < -0.39 is 5.41 Å². The van der Waals surface area contributed by atoms with Crippen molar-refractivity contribution in [3.05, 3.63) is 216 Å². The summed E-state index contributed by atoms with van der Waals surface area (Å²) in [5.74, 6) is 0. The van der Waals surface area contributed by atoms with Gasteiger partial charge in [0.25, 0.3) is 0 Å². The third-order valence-electron chi connectivity index (χ3n) is 11.2. The van der Waals surface area contributed by atoms with Gasteiger partial charge in [-0.15, -0.1) is 0 Å². The number of para-hydroxylation sites is 3. The van der Waals surface area contributed by atoms with Gasteiger partial charge in [-0.1, -0.05) is 152 Å². The van der Waals surface area contributed by atoms with Crippen LogP contribution in [0.4, 0.5) is 0 Å². The SMILES string of the molecule is c1ccc(-n2c3ccccc3c3ccc4c(c5ccccc5n4-c4ccc(C5(c6ccccc6)c6ccccc6-c6ccccc65)cc4)c32)cc1. The van der Waals surface area contributed by atoms with E-state index in [0.717, 1.165) is 5.69 Å². The van der Waals surface area contributed by atoms with Crippen LogP contribution < -0.4 is 0 Å². The molecule has 0 radical (unpaired) electrons. The van der Waals surface area contributed by atoms with Crippen LogP contribution in [-0.4, -0.2) is 9.13 Å². The number of nitrogens with zero attached hydrogens (tertiary/aromatic N) is 2. The Balaban J connectivity index is 1.19. The third kappa shape index (κ3) is 3.76. The molecule has 2 nitrogen and oxygen atoms in total. The first-order valence-electron chi connectivity index (χ1n) is 17.7. The number of fused-ring (bicyclic) bond motifs is 10. The van der Waals surface area contributed by atoms with Crippen molar-refractivity contribution in [3.8, 4) is 22.5 Å². The zero-order valence-corrected chi connectivity index (χ0v) is 27.9. The van der Waals surface area contributed by atoms with Crippen LogP contribution in [0.1, 0.15) is 22.3 Å². The van der Waals surface area contributed by atoms with Crippen LogP contribution in [0.15, 0.2) is 194 Å². The van der Waals surface area contributed by atoms with Crippen LogP contribution in [0.3, 0.4) is 0 Å². The zero-order chi connectivity index (χ0) is 33.5. The van der Waals surface area contributed by atoms with E-state index in [-0.39, 0.29) is 0 Å². The maximum Gasteiger partial charge on any atom is 0.0713 e. The first kappa shape index (κ1) is 28.2. The highest BCUT2D eigenvalue weighted by Gasteiger charge is 2.45. The molecule has 0 atom stereocenters. The summed E-state index contributed by atoms with van der Waals surface area (Å²) in [5.41, 5.74) is 14.6. The van der Waals surface area contributed by atoms with E-state index in [2.05, 4.69) is 203 Å². The quantitative estimate of drug-likeness (QED) is 0.180. The average molecular weight is 649 g/mol. The molecule has 11 rings (SSSR count). The van der Waals surface area contributed by atoms with E-state index >= 15 is 0 Å². The molecule has 0 fully saturated rings. The van der Waals surface area contributed by atoms with E-state index in [1.54, 1.807) is 0 Å². The van der Waals surface area contributed by atoms with Crippen molar-refractivity contribution in [3.63, 3.8) is 0 Å². The fraction of sp³-hybridized carbons (Fsp3) is 0.0204. The van der Waals surface area contributed by atoms with Crippen molar-refractivity contribution in [2.45, 2.75) is 5.41 Å². The molecule has 0 saturated heterocycles. The number of benzene rings is 8. The molecule has 2 heterocycles. The highest BCUT2D eigenvalue weighted by molar-refractivity contribution is 6.26. The van der Waals surface area contributed by atoms with Crippen LogP contribution in [0.5, 0.6) is 0 Å². The van der Waals surface area contributed by atoms with Gasteiger partial charge in [0.15, 0.2) is 0 Å². The summed E-state index contributed by atoms with van der Waals surface area (Å²) in [6.07, 6.45) is 0. The summed E-state index contributed by atoms with van der Waals surface area (Å²) in [6.45, 7) is 0. The van der Waals surface area contributed by atoms with Gasteiger partial charge >= 0.3 is 0 Å². The minimum atomic E-state index is -0.420. The molecule has 1 aliphatic rings. The van der Waals surface area contributed by atoms with Gasteiger partial charge < -0.3 is 9.13 Å². The molecule has 0 bridgehead atoms. The maximum atomic E-state index is 2.45. The second kappa shape index (κ2) is 10.7. The average Bonchev–Trinajstić information content (AvgIpc) is 3.83. The summed E-state index contributed by atoms with van der Waals surface area (Å²) < 4.78 is 4.90. The molecule has 51 heavy (non-hydrogen) atoms. The maximum absolute atomic E-state index is 2.45. The molecular weight excluding hydrogens is 617 g/mol. The first-order chi connectivity index (χ1) is 25.3. The molecular formula is C49H32N2. The molecule has 0 N–H and O–H groups in total. The molecule has 0 aliphatic heterocycles. The van der Waals surface area contributed by atoms with Gasteiger partial charge in [0.05, 0.1) is 27.5 Å². The molecule has 2 heteroatoms. The summed E-state index contributed by atoms with van der Waals surface area (Å²) >= 11 is 0. The lowest BCUT2D eigenvalue weighted by molar-refractivity contribution is 0.768. The van der Waals surface area contributed by atoms with E-state index in [9.17, 15) is 0 Å². The standard InChI is InChI=1S/C49H32N2/c1-3-15-33(16-4-1)49(42-23-11-7-19-37(42)38-20-8-12-24-43(38)49)34-27-29-36(30-28-34)50-45-26-14-10-22-41(45)47-46(50)32-31-40-39-21-9-13-25-44(39)51(48(40)47)35-17-5-2-6-18-35/h1-32H. The lowest BCUT2D eigenvalue weighted by Gasteiger charge is -2.34. The topological polar surface area (TPSA) is 9.86 Å². The second-order valence-electron chi connectivity index (χ2n) is 13.7. The highest BCUT2D eigenvalue weighted by Crippen LogP contribution is 2.56. The van der Waals surface area contributed by atoms with E-state index in [0.29, 0.717) is 0 Å². The van der Waals surface area contributed by atoms with Gasteiger partial charge in [-0.05, 0) is 75.8 Å². The van der Waals surface area contributed by atoms with Crippen LogP contribution in [0, 0.1) is 0 Å². The molecule has 0 spiro atoms. The van der Waals surface area contributed by atoms with Gasteiger partial charge in [0, 0.05) is 32.9 Å². The lowest BCUT2D eigenvalue weighted by atomic mass is 9.68. The highest BCUT2D eigenvalue weighted by atomic mass is 15.0. The fourth-order valence-electron chi connectivity index (χ4n) is 9.20. The van der Waals surface area contributed by atoms with Crippen LogP contribution >= 0.6 is 0 Å². The van der Waals surface area contributed by atoms with Crippen molar-refractivity contribution < 1.29 is 0 Å². The molecule has 8 aromatic carbocycles. The number of hydrogen-bond donors (Lipinski definition) is 0. The van der Waals surface area contributed by atoms with Crippen molar-refractivity contribution in [1.29, 1.82) is 0 Å². The van der Waals surface area contributed by atoms with Crippen LogP contribution in [-0.2, 0) is 5.41 Å². The van der Waals surface area contributed by atoms with Crippen molar-refractivity contribution in [2.24, 2.45) is 0 Å². The number of hydrogen-bond acceptors (Lipinski definition) is 0. The Hall–Kier alpha value is -6.64. The minimum Gasteiger partial charge on any atom is -0.309 e. The van der Waals surface area contributed by atoms with Crippen LogP contribution in [0.2, 0.25) is 0 Å². The summed E-state index contributed by atoms with van der Waals surface area (Å²) in [6, 6.07) is 71.4. The molecule has 1 aliphatic carbocycles. The Morgan fingerprint density at radius 1 is 0.314 bits per heavy atom. The zero-order valence-electron chi connectivity index (χ0n) is 27.9. The Kier molecular flexibility index (Phi) is 5.91. The Morgan fingerprint density at radius 2 is 0.824 bits per heavy atom. The predicted molar refractivity (Wildman–Crippen MR) is 212 cm³/mol. The number of aromatic nitrogens is 2. The van der Waals surface area contributed by atoms with Gasteiger partial charge in [0.1, 0.15) is 0 Å². The fourth-order valence-corrected chi connectivity index (χ4v) is 9.20. The predicted octanol–water partition coefficient (Wildman–Crippen LogP) is 12.2. The van der Waals surface area contributed by atoms with Crippen molar-refractivity contribution in [1.82, 2.24) is 9.13 Å². The van der Waals surface area contributed by atoms with E-state index in [1.807, 2.05) is 0 Å². The first-order valence-corrected chi connectivity index (χ1v) is 17.7. The smallest absolute Gasteiger partial charge is 0.0713 e. The Bertz CT molecular complexity index is 2900. The Morgan fingerprint density at radius 3 is 1.51 bits per heavy atom.